The fourth-order valence-corrected chi connectivity index (χ4v) is 5.85. The van der Waals surface area contributed by atoms with E-state index in [0.29, 0.717) is 18.4 Å². The van der Waals surface area contributed by atoms with Crippen LogP contribution in [0.3, 0.4) is 0 Å². The number of aliphatic hydroxyl groups excluding tert-OH is 1. The van der Waals surface area contributed by atoms with E-state index in [9.17, 15) is 28.0 Å². The molecule has 0 aromatic heterocycles. The molecule has 3 N–H and O–H groups in total. The van der Waals surface area contributed by atoms with Gasteiger partial charge >= 0.3 is 0 Å². The summed E-state index contributed by atoms with van der Waals surface area (Å²) in [7, 11) is -4.51. The monoisotopic (exact) mass is 529 g/mol. The van der Waals surface area contributed by atoms with E-state index in [1.807, 2.05) is 60.7 Å². The topological polar surface area (TPSA) is 115 Å². The second-order valence-electron chi connectivity index (χ2n) is 9.35. The van der Waals surface area contributed by atoms with Crippen molar-refractivity contribution in [2.75, 3.05) is 4.90 Å². The minimum absolute atomic E-state index is 0.0678. The SMILES string of the molecule is O=C1[C@H](CC[C@H](O)c2ccccc2)[C@@H](c2ccc(-c3ccccc3S(=O)(=O)O)c(O)c2)N1c1ccccc1. The molecule has 3 atom stereocenters. The number of hydrogen-bond acceptors (Lipinski definition) is 5. The Labute approximate surface area is 221 Å². The average Bonchev–Trinajstić information content (AvgIpc) is 2.92. The van der Waals surface area contributed by atoms with Crippen molar-refractivity contribution in [2.24, 2.45) is 5.92 Å². The smallest absolute Gasteiger partial charge is 0.295 e. The molecule has 5 rings (SSSR count). The Morgan fingerprint density at radius 3 is 2.11 bits per heavy atom. The molecule has 0 saturated carbocycles. The molecule has 1 heterocycles. The lowest BCUT2D eigenvalue weighted by molar-refractivity contribution is -0.131. The van der Waals surface area contributed by atoms with Gasteiger partial charge in [0.15, 0.2) is 0 Å². The number of para-hydroxylation sites is 1. The van der Waals surface area contributed by atoms with E-state index >= 15 is 0 Å². The van der Waals surface area contributed by atoms with Crippen LogP contribution in [0.2, 0.25) is 0 Å². The summed E-state index contributed by atoms with van der Waals surface area (Å²) in [5.74, 6) is -0.653. The molecule has 1 aliphatic rings. The fraction of sp³-hybridized carbons (Fsp3) is 0.167. The number of nitrogens with zero attached hydrogens (tertiary/aromatic N) is 1. The van der Waals surface area contributed by atoms with Gasteiger partial charge in [0, 0.05) is 16.8 Å². The highest BCUT2D eigenvalue weighted by atomic mass is 32.2. The van der Waals surface area contributed by atoms with Crippen LogP contribution in [-0.4, -0.2) is 29.1 Å². The number of anilines is 1. The summed E-state index contributed by atoms with van der Waals surface area (Å²) in [5, 5.41) is 21.6. The van der Waals surface area contributed by atoms with Crippen LogP contribution in [0.25, 0.3) is 11.1 Å². The summed E-state index contributed by atoms with van der Waals surface area (Å²) in [6.45, 7) is 0. The second kappa shape index (κ2) is 10.4. The van der Waals surface area contributed by atoms with E-state index < -0.39 is 22.1 Å². The molecule has 1 amide bonds. The number of rotatable bonds is 8. The zero-order valence-corrected chi connectivity index (χ0v) is 21.2. The van der Waals surface area contributed by atoms with E-state index in [-0.39, 0.29) is 33.7 Å². The van der Waals surface area contributed by atoms with Crippen LogP contribution in [0.5, 0.6) is 5.75 Å². The number of β-lactam (4-membered cyclic amide) rings is 1. The molecule has 0 spiro atoms. The molecule has 8 heteroatoms. The Kier molecular flexibility index (Phi) is 7.03. The van der Waals surface area contributed by atoms with Crippen LogP contribution in [0.4, 0.5) is 5.69 Å². The van der Waals surface area contributed by atoms with Crippen molar-refractivity contribution in [2.45, 2.75) is 29.9 Å². The number of amides is 1. The number of hydrogen-bond donors (Lipinski definition) is 3. The maximum atomic E-state index is 13.3. The summed E-state index contributed by atoms with van der Waals surface area (Å²) in [5.41, 5.74) is 2.61. The van der Waals surface area contributed by atoms with Crippen LogP contribution < -0.4 is 4.90 Å². The standard InChI is InChI=1S/C30H27NO6S/c32-26(20-9-3-1-4-10-20)18-17-25-29(31(30(25)34)22-11-5-2-6-12-22)21-15-16-23(27(33)19-21)24-13-7-8-14-28(24)38(35,36)37/h1-16,19,25-26,29,32-33H,17-18H2,(H,35,36,37)/t25-,26+,29-/m1/s1. The number of phenolic OH excluding ortho intramolecular Hbond substituents is 1. The van der Waals surface area contributed by atoms with Gasteiger partial charge in [-0.2, -0.15) is 8.42 Å². The lowest BCUT2D eigenvalue weighted by Gasteiger charge is -2.48. The van der Waals surface area contributed by atoms with Crippen LogP contribution in [0, 0.1) is 5.92 Å². The fourth-order valence-electron chi connectivity index (χ4n) is 5.14. The largest absolute Gasteiger partial charge is 0.507 e. The molecule has 38 heavy (non-hydrogen) atoms. The first kappa shape index (κ1) is 25.7. The van der Waals surface area contributed by atoms with Gasteiger partial charge in [0.05, 0.1) is 18.1 Å². The molecular weight excluding hydrogens is 502 g/mol. The Hall–Kier alpha value is -3.98. The van der Waals surface area contributed by atoms with Crippen LogP contribution in [-0.2, 0) is 14.9 Å². The molecule has 1 aliphatic heterocycles. The molecule has 1 saturated heterocycles. The molecule has 0 bridgehead atoms. The molecule has 0 radical (unpaired) electrons. The number of aliphatic hydroxyl groups is 1. The van der Waals surface area contributed by atoms with E-state index in [4.69, 9.17) is 0 Å². The molecule has 194 valence electrons. The highest BCUT2D eigenvalue weighted by molar-refractivity contribution is 7.86. The van der Waals surface area contributed by atoms with Crippen molar-refractivity contribution in [1.29, 1.82) is 0 Å². The highest BCUT2D eigenvalue weighted by Crippen LogP contribution is 2.48. The quantitative estimate of drug-likeness (QED) is 0.204. The Morgan fingerprint density at radius 1 is 0.816 bits per heavy atom. The van der Waals surface area contributed by atoms with E-state index in [1.165, 1.54) is 24.3 Å². The normalized spacial score (nSPS) is 18.2. The molecule has 7 nitrogen and oxygen atoms in total. The summed E-state index contributed by atoms with van der Waals surface area (Å²) < 4.78 is 33.4. The average molecular weight is 530 g/mol. The molecule has 4 aromatic carbocycles. The Balaban J connectivity index is 1.47. The van der Waals surface area contributed by atoms with Crippen LogP contribution >= 0.6 is 0 Å². The molecular formula is C30H27NO6S. The van der Waals surface area contributed by atoms with Gasteiger partial charge in [-0.3, -0.25) is 9.35 Å². The maximum Gasteiger partial charge on any atom is 0.295 e. The molecule has 0 aliphatic carbocycles. The first-order valence-electron chi connectivity index (χ1n) is 12.3. The number of aromatic hydroxyl groups is 1. The first-order valence-corrected chi connectivity index (χ1v) is 13.7. The zero-order chi connectivity index (χ0) is 26.9. The highest BCUT2D eigenvalue weighted by Gasteiger charge is 2.48. The van der Waals surface area contributed by atoms with Crippen molar-refractivity contribution in [3.05, 3.63) is 114 Å². The third kappa shape index (κ3) is 4.93. The Bertz CT molecular complexity index is 1560. The van der Waals surface area contributed by atoms with Gasteiger partial charge in [0.25, 0.3) is 10.1 Å². The number of carbonyl (C=O) groups is 1. The zero-order valence-electron chi connectivity index (χ0n) is 20.4. The Morgan fingerprint density at radius 2 is 1.45 bits per heavy atom. The third-order valence-corrected chi connectivity index (χ3v) is 7.91. The van der Waals surface area contributed by atoms with E-state index in [2.05, 4.69) is 0 Å². The van der Waals surface area contributed by atoms with Crippen molar-refractivity contribution >= 4 is 21.7 Å². The summed E-state index contributed by atoms with van der Waals surface area (Å²) in [4.78, 5) is 14.7. The van der Waals surface area contributed by atoms with E-state index in [1.54, 1.807) is 23.1 Å². The minimum atomic E-state index is -4.51. The second-order valence-corrected chi connectivity index (χ2v) is 10.7. The van der Waals surface area contributed by atoms with E-state index in [0.717, 1.165) is 11.3 Å². The summed E-state index contributed by atoms with van der Waals surface area (Å²) in [6.07, 6.45) is 0.130. The van der Waals surface area contributed by atoms with Gasteiger partial charge in [-0.15, -0.1) is 0 Å². The molecule has 4 aromatic rings. The maximum absolute atomic E-state index is 13.3. The van der Waals surface area contributed by atoms with Gasteiger partial charge in [0.1, 0.15) is 10.6 Å². The predicted octanol–water partition coefficient (Wildman–Crippen LogP) is 5.52. The minimum Gasteiger partial charge on any atom is -0.507 e. The predicted molar refractivity (Wildman–Crippen MR) is 144 cm³/mol. The van der Waals surface area contributed by atoms with Gasteiger partial charge in [0.2, 0.25) is 5.91 Å². The summed E-state index contributed by atoms with van der Waals surface area (Å²) in [6, 6.07) is 28.9. The lowest BCUT2D eigenvalue weighted by atomic mass is 9.78. The van der Waals surface area contributed by atoms with Gasteiger partial charge < -0.3 is 15.1 Å². The van der Waals surface area contributed by atoms with Gasteiger partial charge in [-0.25, -0.2) is 0 Å². The number of phenols is 1. The molecule has 1 fully saturated rings. The third-order valence-electron chi connectivity index (χ3n) is 7.00. The van der Waals surface area contributed by atoms with Crippen molar-refractivity contribution in [3.8, 4) is 16.9 Å². The lowest BCUT2D eigenvalue weighted by Crippen LogP contribution is -2.55. The number of benzene rings is 4. The van der Waals surface area contributed by atoms with Gasteiger partial charge in [-0.1, -0.05) is 78.9 Å². The van der Waals surface area contributed by atoms with Crippen molar-refractivity contribution in [1.82, 2.24) is 0 Å². The first-order chi connectivity index (χ1) is 18.3. The van der Waals surface area contributed by atoms with Crippen molar-refractivity contribution < 1.29 is 28.0 Å². The van der Waals surface area contributed by atoms with Crippen LogP contribution in [0.15, 0.2) is 108 Å². The van der Waals surface area contributed by atoms with Crippen LogP contribution in [0.1, 0.15) is 36.1 Å². The van der Waals surface area contributed by atoms with Gasteiger partial charge in [-0.05, 0) is 48.2 Å². The molecule has 0 unspecified atom stereocenters. The summed E-state index contributed by atoms with van der Waals surface area (Å²) >= 11 is 0. The number of carbonyl (C=O) groups excluding carboxylic acids is 1. The van der Waals surface area contributed by atoms with Crippen molar-refractivity contribution in [3.63, 3.8) is 0 Å².